The third-order valence-electron chi connectivity index (χ3n) is 3.34. The van der Waals surface area contributed by atoms with Crippen molar-refractivity contribution in [3.05, 3.63) is 22.8 Å². The van der Waals surface area contributed by atoms with Gasteiger partial charge in [-0.05, 0) is 37.3 Å². The molecule has 1 aromatic carbocycles. The molecule has 3 nitrogen and oxygen atoms in total. The van der Waals surface area contributed by atoms with E-state index in [2.05, 4.69) is 0 Å². The van der Waals surface area contributed by atoms with E-state index in [0.717, 1.165) is 49.0 Å². The summed E-state index contributed by atoms with van der Waals surface area (Å²) in [5.74, 6) is 1.90. The van der Waals surface area contributed by atoms with Crippen LogP contribution in [0, 0.1) is 0 Å². The van der Waals surface area contributed by atoms with E-state index >= 15 is 0 Å². The molecule has 0 heterocycles. The summed E-state index contributed by atoms with van der Waals surface area (Å²) in [7, 11) is 3.40. The lowest BCUT2D eigenvalue weighted by Gasteiger charge is -2.16. The minimum atomic E-state index is 0.526. The van der Waals surface area contributed by atoms with Crippen LogP contribution < -0.4 is 9.47 Å². The topological polar surface area (TPSA) is 35.5 Å². The first-order chi connectivity index (χ1) is 8.31. The van der Waals surface area contributed by atoms with E-state index in [1.807, 2.05) is 6.07 Å². The molecule has 1 aromatic rings. The number of fused-ring (bicyclic) bond motifs is 1. The Kier molecular flexibility index (Phi) is 3.67. The van der Waals surface area contributed by atoms with Gasteiger partial charge in [-0.2, -0.15) is 0 Å². The van der Waals surface area contributed by atoms with E-state index in [9.17, 15) is 4.79 Å². The van der Waals surface area contributed by atoms with Crippen molar-refractivity contribution < 1.29 is 14.3 Å². The summed E-state index contributed by atoms with van der Waals surface area (Å²) in [5, 5.41) is 0. The number of rotatable bonds is 5. The molecule has 0 unspecified atom stereocenters. The van der Waals surface area contributed by atoms with Gasteiger partial charge in [-0.3, -0.25) is 0 Å². The summed E-state index contributed by atoms with van der Waals surface area (Å²) >= 11 is 0. The van der Waals surface area contributed by atoms with Crippen LogP contribution in [0.2, 0.25) is 0 Å². The van der Waals surface area contributed by atoms with Crippen LogP contribution in [0.3, 0.4) is 0 Å². The molecule has 17 heavy (non-hydrogen) atoms. The van der Waals surface area contributed by atoms with Crippen LogP contribution in [0.15, 0.2) is 6.07 Å². The van der Waals surface area contributed by atoms with E-state index in [1.54, 1.807) is 14.2 Å². The van der Waals surface area contributed by atoms with E-state index in [-0.39, 0.29) is 0 Å². The molecule has 0 atom stereocenters. The average Bonchev–Trinajstić information content (AvgIpc) is 2.83. The quantitative estimate of drug-likeness (QED) is 0.733. The van der Waals surface area contributed by atoms with E-state index in [4.69, 9.17) is 9.47 Å². The summed E-state index contributed by atoms with van der Waals surface area (Å²) in [4.78, 5) is 10.5. The highest BCUT2D eigenvalue weighted by molar-refractivity contribution is 5.57. The molecule has 0 aromatic heterocycles. The summed E-state index contributed by atoms with van der Waals surface area (Å²) < 4.78 is 10.9. The number of aryl methyl sites for hydroxylation is 1. The highest BCUT2D eigenvalue weighted by atomic mass is 16.5. The van der Waals surface area contributed by atoms with Crippen LogP contribution in [0.1, 0.15) is 29.5 Å². The number of ether oxygens (including phenoxy) is 2. The molecule has 0 amide bonds. The van der Waals surface area contributed by atoms with Crippen LogP contribution in [0.4, 0.5) is 0 Å². The van der Waals surface area contributed by atoms with Crippen molar-refractivity contribution in [3.63, 3.8) is 0 Å². The van der Waals surface area contributed by atoms with Gasteiger partial charge in [0.05, 0.1) is 14.2 Å². The maximum absolute atomic E-state index is 10.5. The molecule has 0 radical (unpaired) electrons. The lowest BCUT2D eigenvalue weighted by molar-refractivity contribution is -0.107. The third kappa shape index (κ3) is 2.14. The predicted molar refractivity (Wildman–Crippen MR) is 66.0 cm³/mol. The number of methoxy groups -OCH3 is 2. The van der Waals surface area contributed by atoms with Crippen LogP contribution in [0.25, 0.3) is 0 Å². The van der Waals surface area contributed by atoms with Gasteiger partial charge in [-0.25, -0.2) is 0 Å². The fourth-order valence-corrected chi connectivity index (χ4v) is 2.61. The summed E-state index contributed by atoms with van der Waals surface area (Å²) in [6, 6.07) is 2.02. The largest absolute Gasteiger partial charge is 0.496 e. The number of hydrogen-bond acceptors (Lipinski definition) is 3. The van der Waals surface area contributed by atoms with Gasteiger partial charge >= 0.3 is 0 Å². The molecule has 92 valence electrons. The Balaban J connectivity index is 2.47. The van der Waals surface area contributed by atoms with Crippen molar-refractivity contribution in [2.75, 3.05) is 14.2 Å². The molecule has 0 saturated heterocycles. The smallest absolute Gasteiger partial charge is 0.125 e. The molecule has 3 heteroatoms. The van der Waals surface area contributed by atoms with Crippen LogP contribution in [-0.2, 0) is 24.1 Å². The maximum Gasteiger partial charge on any atom is 0.125 e. The Morgan fingerprint density at radius 1 is 1.24 bits per heavy atom. The zero-order valence-electron chi connectivity index (χ0n) is 10.4. The number of carbonyl (C=O) groups excluding carboxylic acids is 1. The van der Waals surface area contributed by atoms with Crippen LogP contribution in [0.5, 0.6) is 11.5 Å². The first-order valence-electron chi connectivity index (χ1n) is 6.01. The first kappa shape index (κ1) is 12.0. The highest BCUT2D eigenvalue weighted by Crippen LogP contribution is 2.40. The van der Waals surface area contributed by atoms with Crippen molar-refractivity contribution in [2.24, 2.45) is 0 Å². The van der Waals surface area contributed by atoms with Crippen LogP contribution in [-0.4, -0.2) is 20.5 Å². The molecular formula is C14H18O3. The summed E-state index contributed by atoms with van der Waals surface area (Å²) in [6.07, 6.45) is 5.44. The van der Waals surface area contributed by atoms with Gasteiger partial charge in [-0.1, -0.05) is 0 Å². The average molecular weight is 234 g/mol. The number of benzene rings is 1. The number of hydrogen-bond donors (Lipinski definition) is 0. The molecular weight excluding hydrogens is 216 g/mol. The van der Waals surface area contributed by atoms with Gasteiger partial charge in [-0.15, -0.1) is 0 Å². The minimum absolute atomic E-state index is 0.526. The zero-order valence-corrected chi connectivity index (χ0v) is 10.4. The Hall–Kier alpha value is -1.51. The number of aldehydes is 1. The van der Waals surface area contributed by atoms with E-state index < -0.39 is 0 Å². The second kappa shape index (κ2) is 5.21. The normalized spacial score (nSPS) is 13.3. The van der Waals surface area contributed by atoms with Gasteiger partial charge in [0, 0.05) is 17.5 Å². The Bertz CT molecular complexity index is 424. The molecule has 0 aliphatic heterocycles. The molecule has 0 bridgehead atoms. The summed E-state index contributed by atoms with van der Waals surface area (Å²) in [5.41, 5.74) is 3.63. The SMILES string of the molecule is COc1cc(CCC=O)c(OC)c2c1CCC2. The van der Waals surface area contributed by atoms with Gasteiger partial charge in [0.15, 0.2) is 0 Å². The summed E-state index contributed by atoms with van der Waals surface area (Å²) in [6.45, 7) is 0. The predicted octanol–water partition coefficient (Wildman–Crippen LogP) is 2.32. The van der Waals surface area contributed by atoms with Crippen LogP contribution >= 0.6 is 0 Å². The van der Waals surface area contributed by atoms with Crippen molar-refractivity contribution in [1.82, 2.24) is 0 Å². The molecule has 0 spiro atoms. The molecule has 1 aliphatic carbocycles. The van der Waals surface area contributed by atoms with E-state index in [0.29, 0.717) is 6.42 Å². The number of carbonyl (C=O) groups is 1. The standard InChI is InChI=1S/C14H18O3/c1-16-13-9-10(5-4-8-15)14(17-2)12-7-3-6-11(12)13/h8-9H,3-7H2,1-2H3. The molecule has 1 aliphatic rings. The van der Waals surface area contributed by atoms with Crippen molar-refractivity contribution >= 4 is 6.29 Å². The monoisotopic (exact) mass is 234 g/mol. The zero-order chi connectivity index (χ0) is 12.3. The van der Waals surface area contributed by atoms with Crippen molar-refractivity contribution in [2.45, 2.75) is 32.1 Å². The Morgan fingerprint density at radius 2 is 2.00 bits per heavy atom. The molecule has 2 rings (SSSR count). The lowest BCUT2D eigenvalue weighted by Crippen LogP contribution is -2.01. The molecule has 0 saturated carbocycles. The second-order valence-corrected chi connectivity index (χ2v) is 4.29. The maximum atomic E-state index is 10.5. The van der Waals surface area contributed by atoms with Crippen molar-refractivity contribution in [1.29, 1.82) is 0 Å². The van der Waals surface area contributed by atoms with Gasteiger partial charge in [0.2, 0.25) is 0 Å². The second-order valence-electron chi connectivity index (χ2n) is 4.29. The Labute approximate surface area is 102 Å². The van der Waals surface area contributed by atoms with E-state index in [1.165, 1.54) is 11.1 Å². The highest BCUT2D eigenvalue weighted by Gasteiger charge is 2.22. The third-order valence-corrected chi connectivity index (χ3v) is 3.34. The van der Waals surface area contributed by atoms with Gasteiger partial charge in [0.25, 0.3) is 0 Å². The Morgan fingerprint density at radius 3 is 2.65 bits per heavy atom. The lowest BCUT2D eigenvalue weighted by atomic mass is 10.00. The van der Waals surface area contributed by atoms with Crippen molar-refractivity contribution in [3.8, 4) is 11.5 Å². The molecule has 0 N–H and O–H groups in total. The van der Waals surface area contributed by atoms with Gasteiger partial charge < -0.3 is 14.3 Å². The fraction of sp³-hybridized carbons (Fsp3) is 0.500. The minimum Gasteiger partial charge on any atom is -0.496 e. The molecule has 0 fully saturated rings. The fourth-order valence-electron chi connectivity index (χ4n) is 2.61. The first-order valence-corrected chi connectivity index (χ1v) is 6.01. The van der Waals surface area contributed by atoms with Gasteiger partial charge in [0.1, 0.15) is 17.8 Å².